The summed E-state index contributed by atoms with van der Waals surface area (Å²) in [6.07, 6.45) is 1.26. The number of rotatable bonds is 6. The lowest BCUT2D eigenvalue weighted by molar-refractivity contribution is -0.384. The quantitative estimate of drug-likeness (QED) is 0.367. The molecule has 2 aromatic heterocycles. The van der Waals surface area contributed by atoms with Crippen LogP contribution in [0.25, 0.3) is 11.3 Å². The number of nitro benzene ring substituents is 1. The van der Waals surface area contributed by atoms with Crippen molar-refractivity contribution in [3.8, 4) is 11.3 Å². The minimum atomic E-state index is -0.495. The van der Waals surface area contributed by atoms with Crippen molar-refractivity contribution in [3.63, 3.8) is 0 Å². The maximum Gasteiger partial charge on any atom is 0.280 e. The number of benzene rings is 1. The number of nitrogens with one attached hydrogen (secondary N) is 1. The largest absolute Gasteiger partial charge is 0.455 e. The van der Waals surface area contributed by atoms with Crippen molar-refractivity contribution in [1.29, 1.82) is 0 Å². The number of para-hydroxylation sites is 1. The molecule has 2 heterocycles. The fourth-order valence-electron chi connectivity index (χ4n) is 2.07. The second-order valence-electron chi connectivity index (χ2n) is 4.96. The molecule has 3 rings (SSSR count). The van der Waals surface area contributed by atoms with Crippen molar-refractivity contribution < 1.29 is 14.1 Å². The molecular weight excluding hydrogens is 344 g/mol. The Bertz CT molecular complexity index is 977. The Kier molecular flexibility index (Phi) is 4.65. The van der Waals surface area contributed by atoms with E-state index < -0.39 is 10.8 Å². The van der Waals surface area contributed by atoms with E-state index in [1.165, 1.54) is 12.3 Å². The molecule has 0 aliphatic carbocycles. The van der Waals surface area contributed by atoms with Crippen LogP contribution in [0, 0.1) is 10.1 Å². The first kappa shape index (κ1) is 16.8. The number of aromatic nitrogens is 4. The molecule has 26 heavy (non-hydrogen) atoms. The molecule has 0 aliphatic heterocycles. The summed E-state index contributed by atoms with van der Waals surface area (Å²) in [5.74, 6) is 0.127. The summed E-state index contributed by atoms with van der Waals surface area (Å²) >= 11 is 0. The highest BCUT2D eigenvalue weighted by molar-refractivity contribution is 5.81. The molecule has 0 spiro atoms. The SMILES string of the molecule is Nc1nnnn1CC(=O)NN=Cc1ccc(-c2ccccc2[N+](=O)[O-])o1. The van der Waals surface area contributed by atoms with E-state index in [0.29, 0.717) is 17.1 Å². The topological polar surface area (TPSA) is 167 Å². The summed E-state index contributed by atoms with van der Waals surface area (Å²) in [4.78, 5) is 22.3. The van der Waals surface area contributed by atoms with Crippen molar-refractivity contribution in [2.24, 2.45) is 5.10 Å². The van der Waals surface area contributed by atoms with Crippen LogP contribution in [-0.4, -0.2) is 37.3 Å². The predicted octanol–water partition coefficient (Wildman–Crippen LogP) is 0.574. The van der Waals surface area contributed by atoms with Crippen LogP contribution in [0.15, 0.2) is 45.9 Å². The molecule has 0 saturated heterocycles. The molecule has 3 aromatic rings. The molecule has 0 aliphatic rings. The van der Waals surface area contributed by atoms with Crippen molar-refractivity contribution in [2.75, 3.05) is 5.73 Å². The van der Waals surface area contributed by atoms with E-state index in [4.69, 9.17) is 10.2 Å². The number of hydrogen-bond acceptors (Lipinski definition) is 9. The van der Waals surface area contributed by atoms with Crippen LogP contribution in [0.5, 0.6) is 0 Å². The van der Waals surface area contributed by atoms with E-state index >= 15 is 0 Å². The summed E-state index contributed by atoms with van der Waals surface area (Å²) < 4.78 is 6.61. The number of furan rings is 1. The van der Waals surface area contributed by atoms with Gasteiger partial charge in [-0.15, -0.1) is 0 Å². The maximum absolute atomic E-state index is 11.7. The normalized spacial score (nSPS) is 10.9. The van der Waals surface area contributed by atoms with Crippen molar-refractivity contribution in [3.05, 3.63) is 52.3 Å². The molecule has 1 amide bonds. The molecule has 0 fully saturated rings. The van der Waals surface area contributed by atoms with E-state index in [-0.39, 0.29) is 18.2 Å². The molecule has 0 bridgehead atoms. The number of carbonyl (C=O) groups is 1. The Hall–Kier alpha value is -4.09. The third kappa shape index (κ3) is 3.69. The first-order chi connectivity index (χ1) is 12.5. The number of nitro groups is 1. The highest BCUT2D eigenvalue weighted by Crippen LogP contribution is 2.30. The third-order valence-corrected chi connectivity index (χ3v) is 3.23. The Balaban J connectivity index is 1.65. The van der Waals surface area contributed by atoms with Gasteiger partial charge >= 0.3 is 0 Å². The zero-order chi connectivity index (χ0) is 18.5. The Morgan fingerprint density at radius 2 is 2.19 bits per heavy atom. The molecule has 0 radical (unpaired) electrons. The number of anilines is 1. The fourth-order valence-corrected chi connectivity index (χ4v) is 2.07. The van der Waals surface area contributed by atoms with Gasteiger partial charge in [-0.1, -0.05) is 17.2 Å². The Labute approximate surface area is 145 Å². The highest BCUT2D eigenvalue weighted by Gasteiger charge is 2.16. The number of hydrazone groups is 1. The lowest BCUT2D eigenvalue weighted by Crippen LogP contribution is -2.24. The van der Waals surface area contributed by atoms with E-state index in [0.717, 1.165) is 4.68 Å². The standard InChI is InChI=1S/C14H12N8O4/c15-14-18-19-20-21(14)8-13(23)17-16-7-9-5-6-12(26-9)10-3-1-2-4-11(10)22(24)25/h1-7H,8H2,(H,17,23)(H2,15,18,20). The van der Waals surface area contributed by atoms with Crippen LogP contribution in [0.3, 0.4) is 0 Å². The summed E-state index contributed by atoms with van der Waals surface area (Å²) in [5, 5.41) is 25.1. The van der Waals surface area contributed by atoms with Crippen molar-refractivity contribution in [1.82, 2.24) is 25.6 Å². The van der Waals surface area contributed by atoms with Crippen LogP contribution >= 0.6 is 0 Å². The van der Waals surface area contributed by atoms with E-state index in [2.05, 4.69) is 26.1 Å². The first-order valence-electron chi connectivity index (χ1n) is 7.22. The number of nitrogens with two attached hydrogens (primary N) is 1. The molecule has 0 saturated carbocycles. The van der Waals surface area contributed by atoms with Crippen molar-refractivity contribution in [2.45, 2.75) is 6.54 Å². The zero-order valence-corrected chi connectivity index (χ0v) is 13.1. The van der Waals surface area contributed by atoms with Crippen LogP contribution in [0.1, 0.15) is 5.76 Å². The van der Waals surface area contributed by atoms with E-state index in [1.807, 2.05) is 0 Å². The number of hydrogen-bond donors (Lipinski definition) is 2. The number of nitrogens with zero attached hydrogens (tertiary/aromatic N) is 6. The molecule has 1 aromatic carbocycles. The van der Waals surface area contributed by atoms with Crippen LogP contribution in [0.2, 0.25) is 0 Å². The summed E-state index contributed by atoms with van der Waals surface area (Å²) in [6.45, 7) is -0.199. The average molecular weight is 356 g/mol. The molecule has 0 unspecified atom stereocenters. The van der Waals surface area contributed by atoms with Crippen molar-refractivity contribution >= 4 is 23.8 Å². The summed E-state index contributed by atoms with van der Waals surface area (Å²) in [6, 6.07) is 9.35. The minimum Gasteiger partial charge on any atom is -0.455 e. The van der Waals surface area contributed by atoms with Crippen LogP contribution in [-0.2, 0) is 11.3 Å². The fraction of sp³-hybridized carbons (Fsp3) is 0.0714. The lowest BCUT2D eigenvalue weighted by Gasteiger charge is -1.99. The first-order valence-corrected chi connectivity index (χ1v) is 7.22. The maximum atomic E-state index is 11.7. The Morgan fingerprint density at radius 3 is 2.92 bits per heavy atom. The van der Waals surface area contributed by atoms with Gasteiger partial charge in [0, 0.05) is 6.07 Å². The molecular formula is C14H12N8O4. The smallest absolute Gasteiger partial charge is 0.280 e. The average Bonchev–Trinajstić information content (AvgIpc) is 3.24. The zero-order valence-electron chi connectivity index (χ0n) is 13.1. The highest BCUT2D eigenvalue weighted by atomic mass is 16.6. The second-order valence-corrected chi connectivity index (χ2v) is 4.96. The minimum absolute atomic E-state index is 0.00395. The molecule has 132 valence electrons. The number of carbonyl (C=O) groups excluding carboxylic acids is 1. The summed E-state index contributed by atoms with van der Waals surface area (Å²) in [7, 11) is 0. The number of nitrogen functional groups attached to an aromatic ring is 1. The monoisotopic (exact) mass is 356 g/mol. The number of tetrazole rings is 1. The summed E-state index contributed by atoms with van der Waals surface area (Å²) in [5.41, 5.74) is 7.98. The van der Waals surface area contributed by atoms with Gasteiger partial charge in [0.1, 0.15) is 18.1 Å². The molecule has 12 heteroatoms. The van der Waals surface area contributed by atoms with Gasteiger partial charge in [0.15, 0.2) is 0 Å². The molecule has 0 atom stereocenters. The number of amides is 1. The van der Waals surface area contributed by atoms with Gasteiger partial charge in [-0.25, -0.2) is 10.1 Å². The third-order valence-electron chi connectivity index (χ3n) is 3.23. The molecule has 12 nitrogen and oxygen atoms in total. The van der Waals surface area contributed by atoms with Gasteiger partial charge in [0.05, 0.1) is 16.7 Å². The van der Waals surface area contributed by atoms with Crippen LogP contribution in [0.4, 0.5) is 11.6 Å². The Morgan fingerprint density at radius 1 is 1.38 bits per heavy atom. The van der Waals surface area contributed by atoms with Gasteiger partial charge in [-0.3, -0.25) is 14.9 Å². The lowest BCUT2D eigenvalue weighted by atomic mass is 10.1. The van der Waals surface area contributed by atoms with Gasteiger partial charge in [0.2, 0.25) is 5.95 Å². The second kappa shape index (κ2) is 7.21. The van der Waals surface area contributed by atoms with Gasteiger partial charge < -0.3 is 10.2 Å². The van der Waals surface area contributed by atoms with Crippen LogP contribution < -0.4 is 11.2 Å². The predicted molar refractivity (Wildman–Crippen MR) is 88.8 cm³/mol. The van der Waals surface area contributed by atoms with E-state index in [1.54, 1.807) is 30.3 Å². The van der Waals surface area contributed by atoms with Gasteiger partial charge in [-0.2, -0.15) is 5.10 Å². The molecule has 3 N–H and O–H groups in total. The van der Waals surface area contributed by atoms with E-state index in [9.17, 15) is 14.9 Å². The van der Waals surface area contributed by atoms with Gasteiger partial charge in [-0.05, 0) is 28.6 Å². The van der Waals surface area contributed by atoms with Gasteiger partial charge in [0.25, 0.3) is 11.6 Å².